The first kappa shape index (κ1) is 7.83. The molecule has 0 atom stereocenters. The van der Waals surface area contributed by atoms with Gasteiger partial charge >= 0.3 is 0 Å². The van der Waals surface area contributed by atoms with Crippen molar-refractivity contribution in [1.82, 2.24) is 0 Å². The van der Waals surface area contributed by atoms with E-state index in [1.807, 2.05) is 0 Å². The van der Waals surface area contributed by atoms with Crippen LogP contribution in [0.25, 0.3) is 0 Å². The third-order valence-corrected chi connectivity index (χ3v) is 1.63. The van der Waals surface area contributed by atoms with E-state index in [4.69, 9.17) is 23.2 Å². The zero-order valence-corrected chi connectivity index (χ0v) is 6.53. The lowest BCUT2D eigenvalue weighted by molar-refractivity contribution is 0.627. The largest absolute Gasteiger partial charge is 0.207 e. The van der Waals surface area contributed by atoms with Gasteiger partial charge in [-0.25, -0.2) is 4.39 Å². The first-order chi connectivity index (χ1) is 4.70. The molecule has 1 aromatic rings. The van der Waals surface area contributed by atoms with Crippen LogP contribution in [0.4, 0.5) is 4.39 Å². The van der Waals surface area contributed by atoms with E-state index >= 15 is 0 Å². The summed E-state index contributed by atoms with van der Waals surface area (Å²) < 4.78 is 12.3. The van der Waals surface area contributed by atoms with Crippen molar-refractivity contribution in [2.45, 2.75) is 4.84 Å². The maximum atomic E-state index is 12.3. The molecular formula is C7H5Cl2F. The molecule has 54 valence electrons. The summed E-state index contributed by atoms with van der Waals surface area (Å²) in [7, 11) is 0. The molecule has 0 fully saturated rings. The molecule has 0 heterocycles. The van der Waals surface area contributed by atoms with E-state index < -0.39 is 4.84 Å². The summed E-state index contributed by atoms with van der Waals surface area (Å²) in [6.07, 6.45) is 0. The second-order valence-electron chi connectivity index (χ2n) is 1.85. The summed E-state index contributed by atoms with van der Waals surface area (Å²) in [5.41, 5.74) is 0.713. The normalized spacial score (nSPS) is 10.4. The van der Waals surface area contributed by atoms with Gasteiger partial charge in [-0.2, -0.15) is 0 Å². The fraction of sp³-hybridized carbons (Fsp3) is 0.143. The van der Waals surface area contributed by atoms with Crippen LogP contribution >= 0.6 is 23.2 Å². The van der Waals surface area contributed by atoms with Crippen molar-refractivity contribution < 1.29 is 4.39 Å². The van der Waals surface area contributed by atoms with Gasteiger partial charge in [-0.3, -0.25) is 0 Å². The first-order valence-corrected chi connectivity index (χ1v) is 3.61. The van der Waals surface area contributed by atoms with Gasteiger partial charge in [0.2, 0.25) is 0 Å². The second-order valence-corrected chi connectivity index (χ2v) is 2.95. The lowest BCUT2D eigenvalue weighted by Gasteiger charge is -1.98. The minimum Gasteiger partial charge on any atom is -0.207 e. The van der Waals surface area contributed by atoms with E-state index in [0.717, 1.165) is 0 Å². The zero-order valence-electron chi connectivity index (χ0n) is 5.02. The van der Waals surface area contributed by atoms with E-state index in [-0.39, 0.29) is 5.82 Å². The topological polar surface area (TPSA) is 0 Å². The first-order valence-electron chi connectivity index (χ1n) is 2.74. The van der Waals surface area contributed by atoms with Gasteiger partial charge < -0.3 is 0 Å². The Kier molecular flexibility index (Phi) is 2.52. The molecule has 0 saturated heterocycles. The van der Waals surface area contributed by atoms with Gasteiger partial charge in [-0.05, 0) is 17.7 Å². The highest BCUT2D eigenvalue weighted by Crippen LogP contribution is 2.23. The lowest BCUT2D eigenvalue weighted by Crippen LogP contribution is -1.80. The van der Waals surface area contributed by atoms with Crippen LogP contribution < -0.4 is 0 Å². The van der Waals surface area contributed by atoms with Crippen molar-refractivity contribution in [2.24, 2.45) is 0 Å². The number of alkyl halides is 2. The predicted octanol–water partition coefficient (Wildman–Crippen LogP) is 3.30. The molecule has 0 amide bonds. The minimum atomic E-state index is -0.569. The van der Waals surface area contributed by atoms with E-state index in [0.29, 0.717) is 5.56 Å². The van der Waals surface area contributed by atoms with Gasteiger partial charge in [-0.1, -0.05) is 12.1 Å². The minimum absolute atomic E-state index is 0.280. The van der Waals surface area contributed by atoms with Gasteiger partial charge in [0.25, 0.3) is 0 Å². The molecule has 3 heteroatoms. The average molecular weight is 179 g/mol. The van der Waals surface area contributed by atoms with Crippen LogP contribution in [0.3, 0.4) is 0 Å². The number of halogens is 3. The SMILES string of the molecule is Fc1ccc(C(Cl)Cl)cc1. The monoisotopic (exact) mass is 178 g/mol. The number of rotatable bonds is 1. The van der Waals surface area contributed by atoms with Crippen LogP contribution in [-0.2, 0) is 0 Å². The Morgan fingerprint density at radius 1 is 1.10 bits per heavy atom. The number of benzene rings is 1. The van der Waals surface area contributed by atoms with Gasteiger partial charge in [-0.15, -0.1) is 23.2 Å². The van der Waals surface area contributed by atoms with Crippen molar-refractivity contribution in [3.05, 3.63) is 35.6 Å². The van der Waals surface area contributed by atoms with Crippen molar-refractivity contribution in [3.8, 4) is 0 Å². The maximum absolute atomic E-state index is 12.3. The molecule has 0 spiro atoms. The summed E-state index contributed by atoms with van der Waals surface area (Å²) in [5, 5.41) is 0. The Morgan fingerprint density at radius 2 is 1.60 bits per heavy atom. The zero-order chi connectivity index (χ0) is 7.56. The second kappa shape index (κ2) is 3.22. The summed E-state index contributed by atoms with van der Waals surface area (Å²) in [6.45, 7) is 0. The molecule has 0 aromatic heterocycles. The average Bonchev–Trinajstić information content (AvgIpc) is 1.88. The summed E-state index contributed by atoms with van der Waals surface area (Å²) >= 11 is 11.0. The smallest absolute Gasteiger partial charge is 0.132 e. The highest BCUT2D eigenvalue weighted by atomic mass is 35.5. The number of hydrogen-bond acceptors (Lipinski definition) is 0. The van der Waals surface area contributed by atoms with Gasteiger partial charge in [0.15, 0.2) is 0 Å². The van der Waals surface area contributed by atoms with Crippen LogP contribution in [0.1, 0.15) is 10.4 Å². The molecule has 0 radical (unpaired) electrons. The molecule has 0 nitrogen and oxygen atoms in total. The van der Waals surface area contributed by atoms with Gasteiger partial charge in [0.1, 0.15) is 10.7 Å². The fourth-order valence-electron chi connectivity index (χ4n) is 0.608. The van der Waals surface area contributed by atoms with E-state index in [9.17, 15) is 4.39 Å². The Hall–Kier alpha value is -0.270. The van der Waals surface area contributed by atoms with Crippen LogP contribution in [0.15, 0.2) is 24.3 Å². The quantitative estimate of drug-likeness (QED) is 0.580. The van der Waals surface area contributed by atoms with Crippen LogP contribution in [0.2, 0.25) is 0 Å². The van der Waals surface area contributed by atoms with Crippen LogP contribution in [0, 0.1) is 5.82 Å². The summed E-state index contributed by atoms with van der Waals surface area (Å²) in [6, 6.07) is 5.76. The van der Waals surface area contributed by atoms with E-state index in [1.165, 1.54) is 12.1 Å². The third kappa shape index (κ3) is 1.86. The van der Waals surface area contributed by atoms with Crippen LogP contribution in [-0.4, -0.2) is 0 Å². The van der Waals surface area contributed by atoms with E-state index in [1.54, 1.807) is 12.1 Å². The third-order valence-electron chi connectivity index (χ3n) is 1.12. The standard InChI is InChI=1S/C7H5Cl2F/c8-7(9)5-1-3-6(10)4-2-5/h1-4,7H. The van der Waals surface area contributed by atoms with Crippen molar-refractivity contribution in [1.29, 1.82) is 0 Å². The molecule has 0 aliphatic rings. The Bertz CT molecular complexity index is 205. The van der Waals surface area contributed by atoms with Gasteiger partial charge in [0.05, 0.1) is 0 Å². The molecule has 0 N–H and O–H groups in total. The fourth-order valence-corrected chi connectivity index (χ4v) is 0.899. The number of hydrogen-bond donors (Lipinski definition) is 0. The highest BCUT2D eigenvalue weighted by molar-refractivity contribution is 6.44. The Morgan fingerprint density at radius 3 is 2.00 bits per heavy atom. The molecule has 1 rings (SSSR count). The molecule has 1 aromatic carbocycles. The van der Waals surface area contributed by atoms with Crippen molar-refractivity contribution in [2.75, 3.05) is 0 Å². The predicted molar refractivity (Wildman–Crippen MR) is 40.8 cm³/mol. The highest BCUT2D eigenvalue weighted by Gasteiger charge is 2.01. The molecule has 10 heavy (non-hydrogen) atoms. The Labute approximate surface area is 68.6 Å². The summed E-state index contributed by atoms with van der Waals surface area (Å²) in [5.74, 6) is -0.280. The molecule has 0 aliphatic carbocycles. The van der Waals surface area contributed by atoms with Crippen molar-refractivity contribution in [3.63, 3.8) is 0 Å². The van der Waals surface area contributed by atoms with Crippen LogP contribution in [0.5, 0.6) is 0 Å². The molecule has 0 aliphatic heterocycles. The lowest BCUT2D eigenvalue weighted by atomic mass is 10.2. The maximum Gasteiger partial charge on any atom is 0.132 e. The molecule has 0 saturated carbocycles. The summed E-state index contributed by atoms with van der Waals surface area (Å²) in [4.78, 5) is -0.569. The molecular weight excluding hydrogens is 174 g/mol. The van der Waals surface area contributed by atoms with Gasteiger partial charge in [0, 0.05) is 0 Å². The molecule has 0 unspecified atom stereocenters. The molecule has 0 bridgehead atoms. The van der Waals surface area contributed by atoms with E-state index in [2.05, 4.69) is 0 Å². The van der Waals surface area contributed by atoms with Crippen molar-refractivity contribution >= 4 is 23.2 Å². The Balaban J connectivity index is 2.89.